The molecule has 4 rings (SSSR count). The SMILES string of the molecule is CCNC(=O)C1(Cc2ccccc2-c2ccncc2)CCN(C(=O)[C@H]2CC=CCC2)CC1. The first-order valence-electron chi connectivity index (χ1n) is 11.8. The number of rotatable bonds is 6. The molecule has 1 N–H and O–H groups in total. The highest BCUT2D eigenvalue weighted by atomic mass is 16.2. The van der Waals surface area contributed by atoms with Gasteiger partial charge in [0.25, 0.3) is 0 Å². The van der Waals surface area contributed by atoms with Crippen molar-refractivity contribution in [3.63, 3.8) is 0 Å². The van der Waals surface area contributed by atoms with E-state index in [9.17, 15) is 9.59 Å². The third-order valence-electron chi connectivity index (χ3n) is 7.01. The highest BCUT2D eigenvalue weighted by Gasteiger charge is 2.43. The Bertz CT molecular complexity index is 962. The molecule has 1 atom stereocenters. The molecule has 168 valence electrons. The topological polar surface area (TPSA) is 62.3 Å². The van der Waals surface area contributed by atoms with Crippen molar-refractivity contribution in [3.05, 3.63) is 66.5 Å². The summed E-state index contributed by atoms with van der Waals surface area (Å²) < 4.78 is 0. The summed E-state index contributed by atoms with van der Waals surface area (Å²) in [7, 11) is 0. The average molecular weight is 432 g/mol. The van der Waals surface area contributed by atoms with Crippen LogP contribution in [0.15, 0.2) is 60.9 Å². The quantitative estimate of drug-likeness (QED) is 0.690. The van der Waals surface area contributed by atoms with E-state index >= 15 is 0 Å². The number of likely N-dealkylation sites (tertiary alicyclic amines) is 1. The molecule has 1 aliphatic heterocycles. The van der Waals surface area contributed by atoms with Crippen LogP contribution < -0.4 is 5.32 Å². The van der Waals surface area contributed by atoms with Gasteiger partial charge >= 0.3 is 0 Å². The van der Waals surface area contributed by atoms with Gasteiger partial charge in [-0.3, -0.25) is 14.6 Å². The zero-order valence-corrected chi connectivity index (χ0v) is 18.9. The van der Waals surface area contributed by atoms with E-state index in [1.807, 2.05) is 36.1 Å². The fraction of sp³-hybridized carbons (Fsp3) is 0.444. The molecule has 5 nitrogen and oxygen atoms in total. The summed E-state index contributed by atoms with van der Waals surface area (Å²) in [6.45, 7) is 3.87. The van der Waals surface area contributed by atoms with Crippen molar-refractivity contribution < 1.29 is 9.59 Å². The maximum atomic E-state index is 13.3. The molecule has 5 heteroatoms. The molecular weight excluding hydrogens is 398 g/mol. The van der Waals surface area contributed by atoms with E-state index in [0.717, 1.165) is 30.4 Å². The Balaban J connectivity index is 1.55. The average Bonchev–Trinajstić information content (AvgIpc) is 2.85. The number of pyridine rings is 1. The summed E-state index contributed by atoms with van der Waals surface area (Å²) in [5, 5.41) is 3.08. The molecule has 32 heavy (non-hydrogen) atoms. The second-order valence-corrected chi connectivity index (χ2v) is 9.02. The van der Waals surface area contributed by atoms with E-state index in [1.54, 1.807) is 12.4 Å². The minimum absolute atomic E-state index is 0.101. The van der Waals surface area contributed by atoms with Crippen LogP contribution in [0.2, 0.25) is 0 Å². The lowest BCUT2D eigenvalue weighted by molar-refractivity contribution is -0.143. The molecule has 1 aromatic heterocycles. The van der Waals surface area contributed by atoms with Gasteiger partial charge in [0, 0.05) is 37.9 Å². The minimum Gasteiger partial charge on any atom is -0.356 e. The number of benzene rings is 1. The number of hydrogen-bond acceptors (Lipinski definition) is 3. The van der Waals surface area contributed by atoms with Gasteiger partial charge in [-0.05, 0) is 74.3 Å². The lowest BCUT2D eigenvalue weighted by atomic mass is 9.71. The monoisotopic (exact) mass is 431 g/mol. The summed E-state index contributed by atoms with van der Waals surface area (Å²) in [4.78, 5) is 32.5. The zero-order chi connectivity index (χ0) is 22.4. The van der Waals surface area contributed by atoms with Crippen molar-refractivity contribution in [2.24, 2.45) is 11.3 Å². The summed E-state index contributed by atoms with van der Waals surface area (Å²) in [6.07, 6.45) is 12.7. The number of carbonyl (C=O) groups excluding carboxylic acids is 2. The molecular formula is C27H33N3O2. The molecule has 0 unspecified atom stereocenters. The molecule has 0 spiro atoms. The van der Waals surface area contributed by atoms with Crippen LogP contribution in [0.4, 0.5) is 0 Å². The van der Waals surface area contributed by atoms with E-state index in [1.165, 1.54) is 5.56 Å². The second-order valence-electron chi connectivity index (χ2n) is 9.02. The van der Waals surface area contributed by atoms with Crippen LogP contribution in [0.25, 0.3) is 11.1 Å². The largest absolute Gasteiger partial charge is 0.356 e. The van der Waals surface area contributed by atoms with Crippen LogP contribution in [0.5, 0.6) is 0 Å². The minimum atomic E-state index is -0.498. The van der Waals surface area contributed by atoms with Gasteiger partial charge < -0.3 is 10.2 Å². The highest BCUT2D eigenvalue weighted by Crippen LogP contribution is 2.39. The fourth-order valence-corrected chi connectivity index (χ4v) is 5.12. The standard InChI is InChI=1S/C27H33N3O2/c1-2-29-26(32)27(14-18-30(19-15-27)25(31)22-8-4-3-5-9-22)20-23-10-6-7-11-24(23)21-12-16-28-17-13-21/h3-4,6-7,10-13,16-17,22H,2,5,8-9,14-15,18-20H2,1H3,(H,29,32)/t22-/m0/s1. The van der Waals surface area contributed by atoms with Crippen LogP contribution in [0.3, 0.4) is 0 Å². The van der Waals surface area contributed by atoms with Crippen LogP contribution in [-0.4, -0.2) is 41.3 Å². The van der Waals surface area contributed by atoms with Gasteiger partial charge in [0.15, 0.2) is 0 Å². The van der Waals surface area contributed by atoms with Gasteiger partial charge in [-0.2, -0.15) is 0 Å². The van der Waals surface area contributed by atoms with Gasteiger partial charge in [-0.15, -0.1) is 0 Å². The first kappa shape index (κ1) is 22.3. The third kappa shape index (κ3) is 4.77. The molecule has 0 bridgehead atoms. The lowest BCUT2D eigenvalue weighted by Crippen LogP contribution is -2.52. The lowest BCUT2D eigenvalue weighted by Gasteiger charge is -2.42. The number of aromatic nitrogens is 1. The molecule has 2 heterocycles. The molecule has 2 amide bonds. The molecule has 1 aliphatic carbocycles. The normalized spacial score (nSPS) is 20.0. The van der Waals surface area contributed by atoms with Crippen molar-refractivity contribution in [2.45, 2.75) is 45.4 Å². The predicted octanol–water partition coefficient (Wildman–Crippen LogP) is 4.39. The summed E-state index contributed by atoms with van der Waals surface area (Å²) in [6, 6.07) is 12.3. The molecule has 1 aromatic carbocycles. The van der Waals surface area contributed by atoms with Gasteiger partial charge in [-0.1, -0.05) is 36.4 Å². The van der Waals surface area contributed by atoms with Crippen LogP contribution >= 0.6 is 0 Å². The molecule has 1 saturated heterocycles. The van der Waals surface area contributed by atoms with Crippen molar-refractivity contribution in [2.75, 3.05) is 19.6 Å². The summed E-state index contributed by atoms with van der Waals surface area (Å²) >= 11 is 0. The van der Waals surface area contributed by atoms with Crippen molar-refractivity contribution >= 4 is 11.8 Å². The molecule has 2 aliphatic rings. The highest BCUT2D eigenvalue weighted by molar-refractivity contribution is 5.85. The number of amides is 2. The Kier molecular flexibility index (Phi) is 7.03. The van der Waals surface area contributed by atoms with Crippen LogP contribution in [0.1, 0.15) is 44.6 Å². The van der Waals surface area contributed by atoms with Crippen LogP contribution in [-0.2, 0) is 16.0 Å². The Hall–Kier alpha value is -2.95. The number of carbonyl (C=O) groups is 2. The first-order valence-corrected chi connectivity index (χ1v) is 11.8. The van der Waals surface area contributed by atoms with Crippen LogP contribution in [0, 0.1) is 11.3 Å². The predicted molar refractivity (Wildman–Crippen MR) is 127 cm³/mol. The number of allylic oxidation sites excluding steroid dienone is 2. The molecule has 0 saturated carbocycles. The number of hydrogen-bond donors (Lipinski definition) is 1. The fourth-order valence-electron chi connectivity index (χ4n) is 5.12. The molecule has 2 aromatic rings. The maximum Gasteiger partial charge on any atom is 0.226 e. The number of nitrogens with one attached hydrogen (secondary N) is 1. The van der Waals surface area contributed by atoms with E-state index in [0.29, 0.717) is 38.9 Å². The van der Waals surface area contributed by atoms with Crippen molar-refractivity contribution in [1.82, 2.24) is 15.2 Å². The molecule has 0 radical (unpaired) electrons. The number of piperidine rings is 1. The Morgan fingerprint density at radius 3 is 2.53 bits per heavy atom. The van der Waals surface area contributed by atoms with E-state index in [4.69, 9.17) is 0 Å². The van der Waals surface area contributed by atoms with Gasteiger partial charge in [0.2, 0.25) is 11.8 Å². The van der Waals surface area contributed by atoms with Gasteiger partial charge in [0.1, 0.15) is 0 Å². The third-order valence-corrected chi connectivity index (χ3v) is 7.01. The molecule has 1 fully saturated rings. The first-order chi connectivity index (χ1) is 15.6. The van der Waals surface area contributed by atoms with E-state index in [-0.39, 0.29) is 17.7 Å². The maximum absolute atomic E-state index is 13.3. The summed E-state index contributed by atoms with van der Waals surface area (Å²) in [5.41, 5.74) is 2.93. The Morgan fingerprint density at radius 1 is 1.09 bits per heavy atom. The van der Waals surface area contributed by atoms with Crippen molar-refractivity contribution in [1.29, 1.82) is 0 Å². The van der Waals surface area contributed by atoms with Gasteiger partial charge in [0.05, 0.1) is 5.41 Å². The Labute approximate surface area is 190 Å². The van der Waals surface area contributed by atoms with E-state index < -0.39 is 5.41 Å². The second kappa shape index (κ2) is 10.1. The van der Waals surface area contributed by atoms with E-state index in [2.05, 4.69) is 34.6 Å². The smallest absolute Gasteiger partial charge is 0.226 e. The summed E-state index contributed by atoms with van der Waals surface area (Å²) in [5.74, 6) is 0.470. The van der Waals surface area contributed by atoms with Gasteiger partial charge in [-0.25, -0.2) is 0 Å². The Morgan fingerprint density at radius 2 is 1.84 bits per heavy atom. The number of nitrogens with zero attached hydrogens (tertiary/aromatic N) is 2. The zero-order valence-electron chi connectivity index (χ0n) is 18.9. The van der Waals surface area contributed by atoms with Crippen molar-refractivity contribution in [3.8, 4) is 11.1 Å².